The first kappa shape index (κ1) is 25.5. The lowest BCUT2D eigenvalue weighted by atomic mass is 9.87. The summed E-state index contributed by atoms with van der Waals surface area (Å²) in [4.78, 5) is 26.6. The Hall–Kier alpha value is -3.14. The second kappa shape index (κ2) is 10.0. The molecule has 0 unspecified atom stereocenters. The lowest BCUT2D eigenvalue weighted by Gasteiger charge is -2.36. The first-order valence-electron chi connectivity index (χ1n) is 10.8. The Balaban J connectivity index is 1.51. The SMILES string of the molecule is CC(C)(C)c1ccc(C(=O)NC(=S)Nc2ccc(N3CCN(C(=O)C(F)(F)F)CC3)cc2)cc1. The highest BCUT2D eigenvalue weighted by Crippen LogP contribution is 2.24. The molecule has 6 nitrogen and oxygen atoms in total. The van der Waals surface area contributed by atoms with Gasteiger partial charge in [-0.05, 0) is 59.6 Å². The zero-order valence-corrected chi connectivity index (χ0v) is 20.0. The number of amides is 2. The molecule has 0 aromatic heterocycles. The van der Waals surface area contributed by atoms with Gasteiger partial charge in [0.05, 0.1) is 0 Å². The minimum Gasteiger partial charge on any atom is -0.368 e. The molecule has 0 bridgehead atoms. The van der Waals surface area contributed by atoms with Crippen molar-refractivity contribution >= 4 is 40.5 Å². The maximum Gasteiger partial charge on any atom is 0.471 e. The molecule has 1 heterocycles. The fourth-order valence-electron chi connectivity index (χ4n) is 3.56. The molecule has 0 saturated carbocycles. The zero-order valence-electron chi connectivity index (χ0n) is 19.2. The molecule has 2 N–H and O–H groups in total. The summed E-state index contributed by atoms with van der Waals surface area (Å²) in [6.07, 6.45) is -4.85. The van der Waals surface area contributed by atoms with Gasteiger partial charge in [0, 0.05) is 43.1 Å². The van der Waals surface area contributed by atoms with E-state index >= 15 is 0 Å². The molecule has 3 rings (SSSR count). The third-order valence-corrected chi connectivity index (χ3v) is 5.74. The third kappa shape index (κ3) is 6.47. The van der Waals surface area contributed by atoms with E-state index in [1.165, 1.54) is 0 Å². The van der Waals surface area contributed by atoms with Crippen molar-refractivity contribution in [3.05, 3.63) is 59.7 Å². The van der Waals surface area contributed by atoms with Crippen LogP contribution in [0, 0.1) is 0 Å². The predicted octanol–water partition coefficient (Wildman–Crippen LogP) is 4.32. The smallest absolute Gasteiger partial charge is 0.368 e. The fraction of sp³-hybridized carbons (Fsp3) is 0.375. The van der Waals surface area contributed by atoms with Gasteiger partial charge in [-0.3, -0.25) is 14.9 Å². The van der Waals surface area contributed by atoms with E-state index in [2.05, 4.69) is 31.4 Å². The molecular formula is C24H27F3N4O2S. The second-order valence-electron chi connectivity index (χ2n) is 9.06. The summed E-state index contributed by atoms with van der Waals surface area (Å²) in [6, 6.07) is 14.5. The Labute approximate surface area is 202 Å². The van der Waals surface area contributed by atoms with E-state index < -0.39 is 12.1 Å². The Kier molecular flexibility index (Phi) is 7.50. The summed E-state index contributed by atoms with van der Waals surface area (Å²) in [5.41, 5.74) is 3.09. The van der Waals surface area contributed by atoms with Crippen LogP contribution in [-0.4, -0.2) is 54.2 Å². The van der Waals surface area contributed by atoms with E-state index in [4.69, 9.17) is 12.2 Å². The molecule has 2 amide bonds. The summed E-state index contributed by atoms with van der Waals surface area (Å²) in [7, 11) is 0. The molecule has 0 atom stereocenters. The Morgan fingerprint density at radius 1 is 0.882 bits per heavy atom. The highest BCUT2D eigenvalue weighted by atomic mass is 32.1. The largest absolute Gasteiger partial charge is 0.471 e. The van der Waals surface area contributed by atoms with E-state index in [1.807, 2.05) is 17.0 Å². The Morgan fingerprint density at radius 3 is 1.94 bits per heavy atom. The topological polar surface area (TPSA) is 64.7 Å². The number of anilines is 2. The second-order valence-corrected chi connectivity index (χ2v) is 9.47. The van der Waals surface area contributed by atoms with Crippen LogP contribution in [0.1, 0.15) is 36.7 Å². The van der Waals surface area contributed by atoms with Gasteiger partial charge in [-0.25, -0.2) is 0 Å². The molecule has 2 aromatic rings. The van der Waals surface area contributed by atoms with Crippen LogP contribution < -0.4 is 15.5 Å². The molecule has 10 heteroatoms. The van der Waals surface area contributed by atoms with Crippen LogP contribution in [0.25, 0.3) is 0 Å². The Bertz CT molecular complexity index is 1040. The van der Waals surface area contributed by atoms with E-state index in [9.17, 15) is 22.8 Å². The van der Waals surface area contributed by atoms with Gasteiger partial charge in [-0.1, -0.05) is 32.9 Å². The van der Waals surface area contributed by atoms with Crippen LogP contribution in [0.3, 0.4) is 0 Å². The van der Waals surface area contributed by atoms with Gasteiger partial charge in [0.2, 0.25) is 0 Å². The molecule has 0 aliphatic carbocycles. The summed E-state index contributed by atoms with van der Waals surface area (Å²) in [5, 5.41) is 5.75. The molecule has 1 saturated heterocycles. The number of rotatable bonds is 3. The van der Waals surface area contributed by atoms with Crippen molar-refractivity contribution in [1.29, 1.82) is 0 Å². The molecular weight excluding hydrogens is 465 g/mol. The molecule has 182 valence electrons. The number of thiocarbonyl (C=S) groups is 1. The van der Waals surface area contributed by atoms with Crippen molar-refractivity contribution in [2.24, 2.45) is 0 Å². The van der Waals surface area contributed by atoms with Crippen LogP contribution in [0.15, 0.2) is 48.5 Å². The average Bonchev–Trinajstić information content (AvgIpc) is 2.78. The van der Waals surface area contributed by atoms with E-state index in [-0.39, 0.29) is 29.5 Å². The van der Waals surface area contributed by atoms with Crippen molar-refractivity contribution in [3.8, 4) is 0 Å². The number of carbonyl (C=O) groups excluding carboxylic acids is 2. The van der Waals surface area contributed by atoms with E-state index in [0.29, 0.717) is 24.3 Å². The highest BCUT2D eigenvalue weighted by Gasteiger charge is 2.43. The van der Waals surface area contributed by atoms with Crippen LogP contribution in [-0.2, 0) is 10.2 Å². The number of benzene rings is 2. The van der Waals surface area contributed by atoms with Crippen molar-refractivity contribution in [2.45, 2.75) is 32.4 Å². The van der Waals surface area contributed by atoms with Gasteiger partial charge in [-0.15, -0.1) is 0 Å². The normalized spacial score (nSPS) is 14.5. The van der Waals surface area contributed by atoms with Crippen molar-refractivity contribution < 1.29 is 22.8 Å². The predicted molar refractivity (Wildman–Crippen MR) is 130 cm³/mol. The lowest BCUT2D eigenvalue weighted by molar-refractivity contribution is -0.185. The number of hydrogen-bond donors (Lipinski definition) is 2. The molecule has 34 heavy (non-hydrogen) atoms. The number of piperazine rings is 1. The van der Waals surface area contributed by atoms with Gasteiger partial charge >= 0.3 is 12.1 Å². The van der Waals surface area contributed by atoms with Crippen LogP contribution in [0.2, 0.25) is 0 Å². The van der Waals surface area contributed by atoms with Gasteiger partial charge in [-0.2, -0.15) is 13.2 Å². The number of halogens is 3. The minimum absolute atomic E-state index is 0.00515. The average molecular weight is 493 g/mol. The number of carbonyl (C=O) groups is 2. The van der Waals surface area contributed by atoms with Gasteiger partial charge in [0.25, 0.3) is 5.91 Å². The Morgan fingerprint density at radius 2 is 1.44 bits per heavy atom. The monoisotopic (exact) mass is 492 g/mol. The quantitative estimate of drug-likeness (QED) is 0.625. The van der Waals surface area contributed by atoms with Crippen LogP contribution >= 0.6 is 12.2 Å². The summed E-state index contributed by atoms with van der Waals surface area (Å²) in [6.45, 7) is 6.91. The lowest BCUT2D eigenvalue weighted by Crippen LogP contribution is -2.52. The van der Waals surface area contributed by atoms with Gasteiger partial charge in [0.15, 0.2) is 5.11 Å². The molecule has 1 aliphatic heterocycles. The van der Waals surface area contributed by atoms with Gasteiger partial charge in [0.1, 0.15) is 0 Å². The number of alkyl halides is 3. The first-order chi connectivity index (χ1) is 15.8. The maximum absolute atomic E-state index is 12.6. The molecule has 0 radical (unpaired) electrons. The number of nitrogens with one attached hydrogen (secondary N) is 2. The van der Waals surface area contributed by atoms with Crippen molar-refractivity contribution in [3.63, 3.8) is 0 Å². The highest BCUT2D eigenvalue weighted by molar-refractivity contribution is 7.80. The molecule has 1 fully saturated rings. The molecule has 2 aromatic carbocycles. The summed E-state index contributed by atoms with van der Waals surface area (Å²) >= 11 is 5.24. The standard InChI is InChI=1S/C24H27F3N4O2S/c1-23(2,3)17-6-4-16(5-7-17)20(32)29-22(34)28-18-8-10-19(11-9-18)30-12-14-31(15-13-30)21(33)24(25,26)27/h4-11H,12-15H2,1-3H3,(H2,28,29,32,34). The fourth-order valence-corrected chi connectivity index (χ4v) is 3.77. The molecule has 1 aliphatic rings. The van der Waals surface area contributed by atoms with Crippen LogP contribution in [0.4, 0.5) is 24.5 Å². The van der Waals surface area contributed by atoms with E-state index in [1.54, 1.807) is 36.4 Å². The third-order valence-electron chi connectivity index (χ3n) is 5.54. The van der Waals surface area contributed by atoms with Crippen LogP contribution in [0.5, 0.6) is 0 Å². The summed E-state index contributed by atoms with van der Waals surface area (Å²) < 4.78 is 37.8. The summed E-state index contributed by atoms with van der Waals surface area (Å²) in [5.74, 6) is -2.12. The van der Waals surface area contributed by atoms with Gasteiger partial charge < -0.3 is 15.1 Å². The van der Waals surface area contributed by atoms with E-state index in [0.717, 1.165) is 16.2 Å². The van der Waals surface area contributed by atoms with Crippen molar-refractivity contribution in [2.75, 3.05) is 36.4 Å². The minimum atomic E-state index is -4.85. The number of nitrogens with zero attached hydrogens (tertiary/aromatic N) is 2. The maximum atomic E-state index is 12.6. The first-order valence-corrected chi connectivity index (χ1v) is 11.2. The number of hydrogen-bond acceptors (Lipinski definition) is 4. The molecule has 0 spiro atoms. The zero-order chi connectivity index (χ0) is 25.1. The van der Waals surface area contributed by atoms with Crippen molar-refractivity contribution in [1.82, 2.24) is 10.2 Å².